The Morgan fingerprint density at radius 3 is 3.11 bits per heavy atom. The van der Waals surface area contributed by atoms with Crippen molar-refractivity contribution in [3.05, 3.63) is 22.4 Å². The highest BCUT2D eigenvalue weighted by Crippen LogP contribution is 2.19. The molecule has 1 aliphatic rings. The molecule has 1 saturated heterocycles. The first-order valence-electron chi connectivity index (χ1n) is 6.79. The van der Waals surface area contributed by atoms with Gasteiger partial charge in [0.1, 0.15) is 0 Å². The predicted molar refractivity (Wildman–Crippen MR) is 77.1 cm³/mol. The summed E-state index contributed by atoms with van der Waals surface area (Å²) in [5.41, 5.74) is 0. The number of thiophene rings is 1. The molecule has 1 fully saturated rings. The van der Waals surface area contributed by atoms with Crippen molar-refractivity contribution in [2.24, 2.45) is 5.92 Å². The third kappa shape index (κ3) is 4.03. The molecular weight excluding hydrogens is 260 g/mol. The van der Waals surface area contributed by atoms with E-state index >= 15 is 0 Å². The number of piperidine rings is 1. The number of aliphatic hydroxyl groups is 1. The molecule has 19 heavy (non-hydrogen) atoms. The molecule has 0 saturated carbocycles. The number of nitrogens with one attached hydrogen (secondary N) is 1. The van der Waals surface area contributed by atoms with Crippen molar-refractivity contribution in [2.45, 2.75) is 32.4 Å². The van der Waals surface area contributed by atoms with Crippen LogP contribution in [-0.4, -0.2) is 41.7 Å². The van der Waals surface area contributed by atoms with E-state index in [1.165, 1.54) is 4.88 Å². The fourth-order valence-electron chi connectivity index (χ4n) is 2.36. The molecule has 1 aromatic heterocycles. The van der Waals surface area contributed by atoms with Crippen LogP contribution in [0.4, 0.5) is 0 Å². The number of hydrogen-bond donors (Lipinski definition) is 2. The molecule has 5 heteroatoms. The maximum absolute atomic E-state index is 12.0. The van der Waals surface area contributed by atoms with Gasteiger partial charge >= 0.3 is 0 Å². The molecule has 2 rings (SSSR count). The predicted octanol–water partition coefficient (Wildman–Crippen LogP) is 1.63. The fourth-order valence-corrected chi connectivity index (χ4v) is 3.09. The minimum Gasteiger partial charge on any atom is -0.392 e. The monoisotopic (exact) mass is 282 g/mol. The second kappa shape index (κ2) is 6.50. The molecule has 4 nitrogen and oxygen atoms in total. The summed E-state index contributed by atoms with van der Waals surface area (Å²) < 4.78 is 0. The van der Waals surface area contributed by atoms with Gasteiger partial charge in [0.15, 0.2) is 0 Å². The first-order chi connectivity index (χ1) is 9.06. The Kier molecular flexibility index (Phi) is 4.96. The number of hydrogen-bond acceptors (Lipinski definition) is 4. The van der Waals surface area contributed by atoms with Crippen LogP contribution >= 0.6 is 11.3 Å². The van der Waals surface area contributed by atoms with Crippen molar-refractivity contribution < 1.29 is 9.90 Å². The standard InChI is InChI=1S/C14H22N2O2S/c1-10-5-6-16(8-12(10)17)9-14(18)15-11(2)13-4-3-7-19-13/h3-4,7,10-12,17H,5-6,8-9H2,1-2H3,(H,15,18). The average Bonchev–Trinajstić information content (AvgIpc) is 2.87. The van der Waals surface area contributed by atoms with Crippen molar-refractivity contribution in [1.82, 2.24) is 10.2 Å². The number of nitrogens with zero attached hydrogens (tertiary/aromatic N) is 1. The topological polar surface area (TPSA) is 52.6 Å². The molecule has 1 aliphatic heterocycles. The van der Waals surface area contributed by atoms with Crippen LogP contribution in [0, 0.1) is 5.92 Å². The normalized spacial score (nSPS) is 26.1. The van der Waals surface area contributed by atoms with Gasteiger partial charge in [-0.2, -0.15) is 0 Å². The van der Waals surface area contributed by atoms with Crippen molar-refractivity contribution in [3.63, 3.8) is 0 Å². The highest BCUT2D eigenvalue weighted by atomic mass is 32.1. The lowest BCUT2D eigenvalue weighted by Crippen LogP contribution is -2.47. The third-order valence-corrected chi connectivity index (χ3v) is 4.77. The lowest BCUT2D eigenvalue weighted by molar-refractivity contribution is -0.123. The van der Waals surface area contributed by atoms with Gasteiger partial charge in [-0.1, -0.05) is 13.0 Å². The van der Waals surface area contributed by atoms with Crippen molar-refractivity contribution in [2.75, 3.05) is 19.6 Å². The number of likely N-dealkylation sites (tertiary alicyclic amines) is 1. The van der Waals surface area contributed by atoms with E-state index in [9.17, 15) is 9.90 Å². The van der Waals surface area contributed by atoms with Gasteiger partial charge in [-0.3, -0.25) is 9.69 Å². The third-order valence-electron chi connectivity index (χ3n) is 3.72. The Balaban J connectivity index is 1.78. The molecule has 106 valence electrons. The van der Waals surface area contributed by atoms with Crippen molar-refractivity contribution in [3.8, 4) is 0 Å². The number of carbonyl (C=O) groups excluding carboxylic acids is 1. The molecular formula is C14H22N2O2S. The van der Waals surface area contributed by atoms with E-state index in [0.29, 0.717) is 19.0 Å². The van der Waals surface area contributed by atoms with Crippen molar-refractivity contribution >= 4 is 17.2 Å². The van der Waals surface area contributed by atoms with E-state index in [4.69, 9.17) is 0 Å². The summed E-state index contributed by atoms with van der Waals surface area (Å²) in [6.45, 7) is 5.91. The van der Waals surface area contributed by atoms with E-state index < -0.39 is 0 Å². The van der Waals surface area contributed by atoms with Gasteiger partial charge in [0.25, 0.3) is 0 Å². The largest absolute Gasteiger partial charge is 0.392 e. The van der Waals surface area contributed by atoms with Crippen molar-refractivity contribution in [1.29, 1.82) is 0 Å². The highest BCUT2D eigenvalue weighted by Gasteiger charge is 2.25. The summed E-state index contributed by atoms with van der Waals surface area (Å²) in [6, 6.07) is 4.08. The van der Waals surface area contributed by atoms with Gasteiger partial charge in [-0.05, 0) is 37.3 Å². The molecule has 1 aromatic rings. The van der Waals surface area contributed by atoms with Gasteiger partial charge in [-0.25, -0.2) is 0 Å². The number of amides is 1. The van der Waals surface area contributed by atoms with Crippen LogP contribution in [0.3, 0.4) is 0 Å². The molecule has 2 heterocycles. The first kappa shape index (κ1) is 14.5. The number of rotatable bonds is 4. The Labute approximate surface area is 118 Å². The molecule has 0 bridgehead atoms. The van der Waals surface area contributed by atoms with Gasteiger partial charge in [0.05, 0.1) is 18.7 Å². The van der Waals surface area contributed by atoms with Crippen LogP contribution in [0.5, 0.6) is 0 Å². The van der Waals surface area contributed by atoms with Crippen LogP contribution in [0.15, 0.2) is 17.5 Å². The summed E-state index contributed by atoms with van der Waals surface area (Å²) in [5.74, 6) is 0.368. The summed E-state index contributed by atoms with van der Waals surface area (Å²) >= 11 is 1.65. The van der Waals surface area contributed by atoms with E-state index in [2.05, 4.69) is 12.2 Å². The zero-order chi connectivity index (χ0) is 13.8. The Hall–Kier alpha value is -0.910. The van der Waals surface area contributed by atoms with Crippen LogP contribution in [0.25, 0.3) is 0 Å². The van der Waals surface area contributed by atoms with Gasteiger partial charge in [-0.15, -0.1) is 11.3 Å². The highest BCUT2D eigenvalue weighted by molar-refractivity contribution is 7.10. The summed E-state index contributed by atoms with van der Waals surface area (Å²) in [6.07, 6.45) is 0.644. The molecule has 0 radical (unpaired) electrons. The molecule has 3 unspecified atom stereocenters. The maximum atomic E-state index is 12.0. The molecule has 1 amide bonds. The van der Waals surface area contributed by atoms with E-state index in [-0.39, 0.29) is 18.1 Å². The Bertz CT molecular complexity index is 408. The lowest BCUT2D eigenvalue weighted by Gasteiger charge is -2.33. The molecule has 2 N–H and O–H groups in total. The molecule has 0 spiro atoms. The minimum atomic E-state index is -0.309. The lowest BCUT2D eigenvalue weighted by atomic mass is 9.96. The van der Waals surface area contributed by atoms with E-state index in [0.717, 1.165) is 13.0 Å². The summed E-state index contributed by atoms with van der Waals surface area (Å²) in [4.78, 5) is 15.2. The second-order valence-electron chi connectivity index (χ2n) is 5.37. The SMILES string of the molecule is CC(NC(=O)CN1CCC(C)C(O)C1)c1cccs1. The zero-order valence-corrected chi connectivity index (χ0v) is 12.3. The van der Waals surface area contributed by atoms with Crippen LogP contribution in [0.1, 0.15) is 31.2 Å². The Morgan fingerprint density at radius 1 is 1.68 bits per heavy atom. The summed E-state index contributed by atoms with van der Waals surface area (Å²) in [5, 5.41) is 14.8. The molecule has 3 atom stereocenters. The molecule has 0 aliphatic carbocycles. The van der Waals surface area contributed by atoms with Crippen LogP contribution < -0.4 is 5.32 Å². The maximum Gasteiger partial charge on any atom is 0.234 e. The van der Waals surface area contributed by atoms with E-state index in [1.54, 1.807) is 11.3 Å². The summed E-state index contributed by atoms with van der Waals surface area (Å²) in [7, 11) is 0. The van der Waals surface area contributed by atoms with E-state index in [1.807, 2.05) is 29.3 Å². The quantitative estimate of drug-likeness (QED) is 0.882. The molecule has 0 aromatic carbocycles. The van der Waals surface area contributed by atoms with Crippen LogP contribution in [0.2, 0.25) is 0 Å². The van der Waals surface area contributed by atoms with Crippen LogP contribution in [-0.2, 0) is 4.79 Å². The fraction of sp³-hybridized carbons (Fsp3) is 0.643. The van der Waals surface area contributed by atoms with Gasteiger partial charge < -0.3 is 10.4 Å². The minimum absolute atomic E-state index is 0.0302. The first-order valence-corrected chi connectivity index (χ1v) is 7.67. The number of aliphatic hydroxyl groups excluding tert-OH is 1. The number of carbonyl (C=O) groups is 1. The van der Waals surface area contributed by atoms with Gasteiger partial charge in [0, 0.05) is 11.4 Å². The van der Waals surface area contributed by atoms with Gasteiger partial charge in [0.2, 0.25) is 5.91 Å². The smallest absolute Gasteiger partial charge is 0.234 e. The Morgan fingerprint density at radius 2 is 2.47 bits per heavy atom. The average molecular weight is 282 g/mol. The zero-order valence-electron chi connectivity index (χ0n) is 11.5. The number of β-amino-alcohol motifs (C(OH)–C–C–N with tert-alkyl or cyclic N) is 1. The second-order valence-corrected chi connectivity index (χ2v) is 6.35.